The molecule has 0 saturated heterocycles. The van der Waals surface area contributed by atoms with E-state index in [1.165, 1.54) is 5.56 Å². The fourth-order valence-corrected chi connectivity index (χ4v) is 1.84. The quantitative estimate of drug-likeness (QED) is 0.853. The molecule has 3 heteroatoms. The van der Waals surface area contributed by atoms with Crippen LogP contribution in [-0.2, 0) is 6.42 Å². The van der Waals surface area contributed by atoms with Crippen LogP contribution in [0.15, 0.2) is 48.9 Å². The molecule has 88 valence electrons. The van der Waals surface area contributed by atoms with Crippen molar-refractivity contribution in [1.29, 1.82) is 0 Å². The molecule has 2 aromatic rings. The summed E-state index contributed by atoms with van der Waals surface area (Å²) in [4.78, 5) is 8.06. The molecule has 0 fully saturated rings. The Morgan fingerprint density at radius 2 is 1.94 bits per heavy atom. The Balaban J connectivity index is 1.79. The van der Waals surface area contributed by atoms with Gasteiger partial charge in [0.2, 0.25) is 0 Å². The van der Waals surface area contributed by atoms with Gasteiger partial charge in [0.25, 0.3) is 0 Å². The van der Waals surface area contributed by atoms with Crippen LogP contribution in [0, 0.1) is 0 Å². The molecule has 0 aliphatic rings. The van der Waals surface area contributed by atoms with Gasteiger partial charge in [-0.05, 0) is 30.9 Å². The molecule has 0 amide bonds. The van der Waals surface area contributed by atoms with E-state index in [9.17, 15) is 0 Å². The van der Waals surface area contributed by atoms with Gasteiger partial charge in [-0.3, -0.25) is 0 Å². The van der Waals surface area contributed by atoms with Crippen LogP contribution < -0.4 is 5.73 Å². The maximum absolute atomic E-state index is 6.07. The first-order valence-electron chi connectivity index (χ1n) is 5.91. The van der Waals surface area contributed by atoms with Crippen molar-refractivity contribution in [2.75, 3.05) is 0 Å². The minimum Gasteiger partial charge on any atom is -0.323 e. The molecule has 2 rings (SSSR count). The van der Waals surface area contributed by atoms with Crippen molar-refractivity contribution in [1.82, 2.24) is 9.97 Å². The zero-order chi connectivity index (χ0) is 11.9. The molecule has 1 aromatic carbocycles. The molecule has 0 aliphatic carbocycles. The zero-order valence-electron chi connectivity index (χ0n) is 9.79. The number of benzene rings is 1. The van der Waals surface area contributed by atoms with E-state index in [1.807, 2.05) is 12.1 Å². The summed E-state index contributed by atoms with van der Waals surface area (Å²) in [6.07, 6.45) is 6.38. The van der Waals surface area contributed by atoms with E-state index in [1.54, 1.807) is 12.5 Å². The molecule has 1 atom stereocenters. The van der Waals surface area contributed by atoms with Gasteiger partial charge in [0.15, 0.2) is 0 Å². The van der Waals surface area contributed by atoms with Crippen molar-refractivity contribution in [3.63, 3.8) is 0 Å². The molecule has 1 heterocycles. The maximum atomic E-state index is 6.07. The summed E-state index contributed by atoms with van der Waals surface area (Å²) in [5, 5.41) is 0. The molecule has 0 radical (unpaired) electrons. The monoisotopic (exact) mass is 227 g/mol. The molecule has 1 unspecified atom stereocenters. The Hall–Kier alpha value is -1.74. The highest BCUT2D eigenvalue weighted by molar-refractivity contribution is 5.14. The van der Waals surface area contributed by atoms with E-state index in [4.69, 9.17) is 5.73 Å². The van der Waals surface area contributed by atoms with Crippen LogP contribution in [0.1, 0.15) is 30.1 Å². The highest BCUT2D eigenvalue weighted by atomic mass is 14.8. The van der Waals surface area contributed by atoms with E-state index in [0.717, 1.165) is 25.0 Å². The van der Waals surface area contributed by atoms with E-state index < -0.39 is 0 Å². The largest absolute Gasteiger partial charge is 0.323 e. The van der Waals surface area contributed by atoms with Crippen molar-refractivity contribution >= 4 is 0 Å². The zero-order valence-corrected chi connectivity index (χ0v) is 9.79. The molecule has 3 nitrogen and oxygen atoms in total. The highest BCUT2D eigenvalue weighted by Gasteiger charge is 2.06. The summed E-state index contributed by atoms with van der Waals surface area (Å²) < 4.78 is 0. The lowest BCUT2D eigenvalue weighted by atomic mass is 10.0. The molecule has 0 saturated carbocycles. The van der Waals surface area contributed by atoms with Crippen molar-refractivity contribution in [3.05, 3.63) is 60.2 Å². The predicted octanol–water partition coefficient (Wildman–Crippen LogP) is 2.50. The lowest BCUT2D eigenvalue weighted by molar-refractivity contribution is 0.596. The van der Waals surface area contributed by atoms with Gasteiger partial charge in [-0.2, -0.15) is 0 Å². The van der Waals surface area contributed by atoms with Gasteiger partial charge < -0.3 is 5.73 Å². The molecule has 0 bridgehead atoms. The number of aromatic nitrogens is 2. The highest BCUT2D eigenvalue weighted by Crippen LogP contribution is 2.14. The number of hydrogen-bond acceptors (Lipinski definition) is 3. The van der Waals surface area contributed by atoms with Crippen molar-refractivity contribution < 1.29 is 0 Å². The number of nitrogens with zero attached hydrogens (tertiary/aromatic N) is 2. The third-order valence-electron chi connectivity index (χ3n) is 2.81. The normalized spacial score (nSPS) is 12.3. The molecular weight excluding hydrogens is 210 g/mol. The fourth-order valence-electron chi connectivity index (χ4n) is 1.84. The Morgan fingerprint density at radius 1 is 1.12 bits per heavy atom. The van der Waals surface area contributed by atoms with Gasteiger partial charge in [-0.15, -0.1) is 0 Å². The standard InChI is InChI=1S/C14H17N3/c15-13(14-9-10-16-11-17-14)8-4-7-12-5-2-1-3-6-12/h1-3,5-6,9-11,13H,4,7-8,15H2. The van der Waals surface area contributed by atoms with Crippen molar-refractivity contribution in [3.8, 4) is 0 Å². The maximum Gasteiger partial charge on any atom is 0.115 e. The Morgan fingerprint density at radius 3 is 2.65 bits per heavy atom. The molecule has 0 aliphatic heterocycles. The average molecular weight is 227 g/mol. The third-order valence-corrected chi connectivity index (χ3v) is 2.81. The van der Waals surface area contributed by atoms with Gasteiger partial charge >= 0.3 is 0 Å². The summed E-state index contributed by atoms with van der Waals surface area (Å²) in [7, 11) is 0. The minimum atomic E-state index is 0.0155. The smallest absolute Gasteiger partial charge is 0.115 e. The van der Waals surface area contributed by atoms with Crippen LogP contribution in [0.5, 0.6) is 0 Å². The SMILES string of the molecule is NC(CCCc1ccccc1)c1ccncn1. The van der Waals surface area contributed by atoms with Gasteiger partial charge in [0.1, 0.15) is 6.33 Å². The molecule has 2 N–H and O–H groups in total. The van der Waals surface area contributed by atoms with Gasteiger partial charge in [-0.1, -0.05) is 30.3 Å². The van der Waals surface area contributed by atoms with Gasteiger partial charge in [0, 0.05) is 12.2 Å². The van der Waals surface area contributed by atoms with Crippen LogP contribution in [0.2, 0.25) is 0 Å². The van der Waals surface area contributed by atoms with Crippen LogP contribution >= 0.6 is 0 Å². The van der Waals surface area contributed by atoms with Gasteiger partial charge in [0.05, 0.1) is 5.69 Å². The Bertz CT molecular complexity index is 428. The second-order valence-electron chi connectivity index (χ2n) is 4.12. The number of hydrogen-bond donors (Lipinski definition) is 1. The van der Waals surface area contributed by atoms with Crippen LogP contribution in [-0.4, -0.2) is 9.97 Å². The summed E-state index contributed by atoms with van der Waals surface area (Å²) in [6, 6.07) is 12.4. The van der Waals surface area contributed by atoms with Crippen LogP contribution in [0.25, 0.3) is 0 Å². The first kappa shape index (κ1) is 11.7. The number of nitrogens with two attached hydrogens (primary N) is 1. The minimum absolute atomic E-state index is 0.0155. The lowest BCUT2D eigenvalue weighted by Gasteiger charge is -2.10. The first-order valence-corrected chi connectivity index (χ1v) is 5.91. The molecule has 1 aromatic heterocycles. The number of aryl methyl sites for hydroxylation is 1. The van der Waals surface area contributed by atoms with E-state index in [2.05, 4.69) is 34.2 Å². The van der Waals surface area contributed by atoms with Crippen LogP contribution in [0.4, 0.5) is 0 Å². The van der Waals surface area contributed by atoms with Crippen molar-refractivity contribution in [2.45, 2.75) is 25.3 Å². The summed E-state index contributed by atoms with van der Waals surface area (Å²) >= 11 is 0. The molecular formula is C14H17N3. The Labute approximate surface area is 102 Å². The average Bonchev–Trinajstić information content (AvgIpc) is 2.41. The fraction of sp³-hybridized carbons (Fsp3) is 0.286. The number of rotatable bonds is 5. The predicted molar refractivity (Wildman–Crippen MR) is 68.3 cm³/mol. The molecule has 0 spiro atoms. The van der Waals surface area contributed by atoms with Crippen LogP contribution in [0.3, 0.4) is 0 Å². The summed E-state index contributed by atoms with van der Waals surface area (Å²) in [5.41, 5.74) is 8.36. The Kier molecular flexibility index (Phi) is 4.22. The van der Waals surface area contributed by atoms with E-state index >= 15 is 0 Å². The van der Waals surface area contributed by atoms with E-state index in [-0.39, 0.29) is 6.04 Å². The lowest BCUT2D eigenvalue weighted by Crippen LogP contribution is -2.12. The second kappa shape index (κ2) is 6.11. The molecule has 17 heavy (non-hydrogen) atoms. The summed E-state index contributed by atoms with van der Waals surface area (Å²) in [6.45, 7) is 0. The first-order chi connectivity index (χ1) is 8.36. The van der Waals surface area contributed by atoms with Crippen molar-refractivity contribution in [2.24, 2.45) is 5.73 Å². The topological polar surface area (TPSA) is 51.8 Å². The third kappa shape index (κ3) is 3.64. The van der Waals surface area contributed by atoms with E-state index in [0.29, 0.717) is 0 Å². The second-order valence-corrected chi connectivity index (χ2v) is 4.12. The van der Waals surface area contributed by atoms with Gasteiger partial charge in [-0.25, -0.2) is 9.97 Å². The summed E-state index contributed by atoms with van der Waals surface area (Å²) in [5.74, 6) is 0.